The minimum atomic E-state index is -0.239. The third kappa shape index (κ3) is 4.39. The highest BCUT2D eigenvalue weighted by atomic mass is 19.1. The summed E-state index contributed by atoms with van der Waals surface area (Å²) in [4.78, 5) is 4.43. The van der Waals surface area contributed by atoms with Gasteiger partial charge in [-0.2, -0.15) is 4.98 Å². The second-order valence-corrected chi connectivity index (χ2v) is 7.01. The topological polar surface area (TPSA) is 63.0 Å². The molecule has 1 saturated heterocycles. The van der Waals surface area contributed by atoms with Crippen LogP contribution in [-0.2, 0) is 13.0 Å². The average Bonchev–Trinajstić information content (AvgIpc) is 3.04. The van der Waals surface area contributed by atoms with Crippen molar-refractivity contribution in [3.05, 3.63) is 47.4 Å². The van der Waals surface area contributed by atoms with Crippen LogP contribution in [-0.4, -0.2) is 28.8 Å². The smallest absolute Gasteiger partial charge is 0.240 e. The number of hydrogen-bond acceptors (Lipinski definition) is 5. The molecule has 1 aliphatic heterocycles. The Morgan fingerprint density at radius 1 is 1.25 bits per heavy atom. The maximum absolute atomic E-state index is 12.9. The van der Waals surface area contributed by atoms with E-state index >= 15 is 0 Å². The number of piperidine rings is 1. The molecule has 24 heavy (non-hydrogen) atoms. The molecule has 0 bridgehead atoms. The van der Waals surface area contributed by atoms with Crippen molar-refractivity contribution in [1.29, 1.82) is 0 Å². The van der Waals surface area contributed by atoms with E-state index in [-0.39, 0.29) is 11.4 Å². The van der Waals surface area contributed by atoms with Crippen LogP contribution in [0.2, 0.25) is 0 Å². The van der Waals surface area contributed by atoms with Gasteiger partial charge in [0.1, 0.15) is 5.82 Å². The fraction of sp³-hybridized carbons (Fsp3) is 0.556. The molecular weight excluding hydrogens is 307 g/mol. The third-order valence-corrected chi connectivity index (χ3v) is 4.84. The molecule has 6 heteroatoms. The molecule has 0 spiro atoms. The van der Waals surface area contributed by atoms with Crippen molar-refractivity contribution in [1.82, 2.24) is 20.8 Å². The first-order chi connectivity index (χ1) is 11.5. The first kappa shape index (κ1) is 17.0. The summed E-state index contributed by atoms with van der Waals surface area (Å²) >= 11 is 0. The predicted molar refractivity (Wildman–Crippen MR) is 90.0 cm³/mol. The maximum atomic E-state index is 12.9. The molecule has 130 valence electrons. The molecule has 1 aromatic carbocycles. The van der Waals surface area contributed by atoms with Crippen molar-refractivity contribution in [3.8, 4) is 0 Å². The van der Waals surface area contributed by atoms with Crippen LogP contribution >= 0.6 is 0 Å². The van der Waals surface area contributed by atoms with Gasteiger partial charge in [-0.3, -0.25) is 0 Å². The van der Waals surface area contributed by atoms with E-state index in [0.717, 1.165) is 18.7 Å². The summed E-state index contributed by atoms with van der Waals surface area (Å²) in [5, 5.41) is 11.0. The monoisotopic (exact) mass is 332 g/mol. The van der Waals surface area contributed by atoms with Crippen LogP contribution in [0.1, 0.15) is 44.0 Å². The van der Waals surface area contributed by atoms with Crippen molar-refractivity contribution in [2.24, 2.45) is 5.92 Å². The minimum Gasteiger partial charge on any atom is -0.338 e. The van der Waals surface area contributed by atoms with Gasteiger partial charge in [0.15, 0.2) is 5.82 Å². The Labute approximate surface area is 142 Å². The van der Waals surface area contributed by atoms with Crippen LogP contribution in [0.15, 0.2) is 28.8 Å². The Hall–Kier alpha value is -1.79. The quantitative estimate of drug-likeness (QED) is 0.851. The first-order valence-corrected chi connectivity index (χ1v) is 8.54. The third-order valence-electron chi connectivity index (χ3n) is 4.84. The van der Waals surface area contributed by atoms with Gasteiger partial charge in [-0.15, -0.1) is 0 Å². The fourth-order valence-electron chi connectivity index (χ4n) is 3.21. The van der Waals surface area contributed by atoms with Crippen molar-refractivity contribution in [2.75, 3.05) is 13.1 Å². The lowest BCUT2D eigenvalue weighted by atomic mass is 9.81. The first-order valence-electron chi connectivity index (χ1n) is 8.54. The van der Waals surface area contributed by atoms with Crippen LogP contribution in [0.25, 0.3) is 0 Å². The lowest BCUT2D eigenvalue weighted by molar-refractivity contribution is 0.193. The molecule has 1 fully saturated rings. The molecule has 2 N–H and O–H groups in total. The van der Waals surface area contributed by atoms with Crippen molar-refractivity contribution >= 4 is 0 Å². The van der Waals surface area contributed by atoms with Crippen LogP contribution < -0.4 is 10.6 Å². The molecule has 1 aromatic heterocycles. The summed E-state index contributed by atoms with van der Waals surface area (Å²) in [7, 11) is 0. The zero-order chi connectivity index (χ0) is 17.0. The molecule has 3 rings (SSSR count). The lowest BCUT2D eigenvalue weighted by Crippen LogP contribution is -2.49. The van der Waals surface area contributed by atoms with Gasteiger partial charge in [0.2, 0.25) is 5.89 Å². The number of halogens is 1. The Morgan fingerprint density at radius 3 is 2.67 bits per heavy atom. The van der Waals surface area contributed by atoms with Gasteiger partial charge in [-0.05, 0) is 63.4 Å². The Kier molecular flexibility index (Phi) is 5.26. The molecule has 0 aliphatic carbocycles. The summed E-state index contributed by atoms with van der Waals surface area (Å²) < 4.78 is 18.3. The molecule has 5 nitrogen and oxygen atoms in total. The summed E-state index contributed by atoms with van der Waals surface area (Å²) in [6.45, 7) is 7.20. The number of rotatable bonds is 6. The van der Waals surface area contributed by atoms with Gasteiger partial charge < -0.3 is 15.2 Å². The SMILES string of the molecule is CC(C)(NCc1nc(Cc2ccc(F)cc2)no1)C1CCNCC1. The molecule has 0 saturated carbocycles. The molecule has 0 unspecified atom stereocenters. The van der Waals surface area contributed by atoms with Crippen molar-refractivity contribution in [2.45, 2.75) is 45.2 Å². The summed E-state index contributed by atoms with van der Waals surface area (Å²) in [5.41, 5.74) is 1.000. The zero-order valence-electron chi connectivity index (χ0n) is 14.3. The van der Waals surface area contributed by atoms with Gasteiger partial charge in [0.25, 0.3) is 0 Å². The van der Waals surface area contributed by atoms with Crippen LogP contribution in [0.3, 0.4) is 0 Å². The van der Waals surface area contributed by atoms with E-state index in [1.165, 1.54) is 25.0 Å². The average molecular weight is 332 g/mol. The predicted octanol–water partition coefficient (Wildman–Crippen LogP) is 2.67. The number of hydrogen-bond donors (Lipinski definition) is 2. The second-order valence-electron chi connectivity index (χ2n) is 7.01. The number of nitrogens with one attached hydrogen (secondary N) is 2. The van der Waals surface area contributed by atoms with E-state index in [4.69, 9.17) is 4.52 Å². The lowest BCUT2D eigenvalue weighted by Gasteiger charge is -2.37. The van der Waals surface area contributed by atoms with E-state index in [2.05, 4.69) is 34.6 Å². The van der Waals surface area contributed by atoms with Gasteiger partial charge >= 0.3 is 0 Å². The van der Waals surface area contributed by atoms with Crippen molar-refractivity contribution in [3.63, 3.8) is 0 Å². The molecule has 1 aliphatic rings. The Balaban J connectivity index is 1.54. The highest BCUT2D eigenvalue weighted by Gasteiger charge is 2.30. The molecular formula is C18H25FN4O. The van der Waals surface area contributed by atoms with E-state index in [1.807, 2.05) is 0 Å². The van der Waals surface area contributed by atoms with Crippen molar-refractivity contribution < 1.29 is 8.91 Å². The van der Waals surface area contributed by atoms with E-state index in [9.17, 15) is 4.39 Å². The molecule has 2 aromatic rings. The zero-order valence-corrected chi connectivity index (χ0v) is 14.3. The molecule has 0 amide bonds. The minimum absolute atomic E-state index is 0.0354. The maximum Gasteiger partial charge on any atom is 0.240 e. The summed E-state index contributed by atoms with van der Waals surface area (Å²) in [6.07, 6.45) is 2.90. The second kappa shape index (κ2) is 7.40. The van der Waals surface area contributed by atoms with E-state index < -0.39 is 0 Å². The summed E-state index contributed by atoms with van der Waals surface area (Å²) in [5.74, 6) is 1.62. The van der Waals surface area contributed by atoms with Crippen LogP contribution in [0.5, 0.6) is 0 Å². The highest BCUT2D eigenvalue weighted by Crippen LogP contribution is 2.25. The van der Waals surface area contributed by atoms with E-state index in [1.54, 1.807) is 12.1 Å². The van der Waals surface area contributed by atoms with Crippen LogP contribution in [0.4, 0.5) is 4.39 Å². The van der Waals surface area contributed by atoms with Gasteiger partial charge in [0.05, 0.1) is 6.54 Å². The van der Waals surface area contributed by atoms with E-state index in [0.29, 0.717) is 30.6 Å². The van der Waals surface area contributed by atoms with Crippen LogP contribution in [0, 0.1) is 11.7 Å². The van der Waals surface area contributed by atoms with Gasteiger partial charge in [0, 0.05) is 12.0 Å². The Bertz CT molecular complexity index is 647. The number of nitrogens with zero attached hydrogens (tertiary/aromatic N) is 2. The summed E-state index contributed by atoms with van der Waals surface area (Å²) in [6, 6.07) is 6.37. The molecule has 2 heterocycles. The molecule has 0 radical (unpaired) electrons. The normalized spacial score (nSPS) is 16.5. The van der Waals surface area contributed by atoms with Gasteiger partial charge in [-0.1, -0.05) is 17.3 Å². The molecule has 0 atom stereocenters. The number of aromatic nitrogens is 2. The number of benzene rings is 1. The highest BCUT2D eigenvalue weighted by molar-refractivity contribution is 5.19. The van der Waals surface area contributed by atoms with Gasteiger partial charge in [-0.25, -0.2) is 4.39 Å². The standard InChI is InChI=1S/C18H25FN4O/c1-18(2,14-7-9-20-10-8-14)21-12-17-22-16(23-24-17)11-13-3-5-15(19)6-4-13/h3-6,14,20-21H,7-12H2,1-2H3. The largest absolute Gasteiger partial charge is 0.338 e. The Morgan fingerprint density at radius 2 is 1.96 bits per heavy atom. The fourth-order valence-corrected chi connectivity index (χ4v) is 3.21.